The normalized spacial score (nSPS) is 43.6. The third kappa shape index (κ3) is 1.10. The van der Waals surface area contributed by atoms with Crippen LogP contribution in [0.5, 0.6) is 0 Å². The number of hydrogen-bond donors (Lipinski definition) is 0. The van der Waals surface area contributed by atoms with Gasteiger partial charge in [0, 0.05) is 19.6 Å². The number of nitrogens with zero attached hydrogens (tertiary/aromatic N) is 1. The average molecular weight is 151 g/mol. The van der Waals surface area contributed by atoms with Gasteiger partial charge in [0.15, 0.2) is 0 Å². The van der Waals surface area contributed by atoms with E-state index < -0.39 is 0 Å². The minimum atomic E-state index is 1.09. The Kier molecular flexibility index (Phi) is 1.31. The van der Waals surface area contributed by atoms with Gasteiger partial charge in [-0.25, -0.2) is 0 Å². The molecule has 1 nitrogen and oxygen atoms in total. The lowest BCUT2D eigenvalue weighted by Crippen LogP contribution is -2.31. The second-order valence-electron chi connectivity index (χ2n) is 4.77. The summed E-state index contributed by atoms with van der Waals surface area (Å²) in [6, 6.07) is 0. The van der Waals surface area contributed by atoms with Crippen LogP contribution >= 0.6 is 0 Å². The van der Waals surface area contributed by atoms with E-state index in [0.29, 0.717) is 0 Å². The van der Waals surface area contributed by atoms with E-state index in [2.05, 4.69) is 4.90 Å². The van der Waals surface area contributed by atoms with E-state index in [1.807, 2.05) is 0 Å². The fourth-order valence-corrected chi connectivity index (χ4v) is 2.68. The van der Waals surface area contributed by atoms with Crippen LogP contribution in [0.3, 0.4) is 0 Å². The van der Waals surface area contributed by atoms with Gasteiger partial charge in [-0.05, 0) is 37.0 Å². The maximum Gasteiger partial charge on any atom is 0.00131 e. The van der Waals surface area contributed by atoms with Crippen molar-refractivity contribution in [1.82, 2.24) is 4.90 Å². The van der Waals surface area contributed by atoms with Gasteiger partial charge in [-0.15, -0.1) is 0 Å². The lowest BCUT2D eigenvalue weighted by atomic mass is 9.85. The number of hydrogen-bond acceptors (Lipinski definition) is 1. The average Bonchev–Trinajstić information content (AvgIpc) is 2.51. The van der Waals surface area contributed by atoms with E-state index in [1.165, 1.54) is 38.9 Å². The Morgan fingerprint density at radius 1 is 1.09 bits per heavy atom. The van der Waals surface area contributed by atoms with Crippen molar-refractivity contribution in [2.45, 2.75) is 25.7 Å². The van der Waals surface area contributed by atoms with Crippen LogP contribution in [0.25, 0.3) is 0 Å². The molecule has 0 aromatic rings. The molecule has 1 heterocycles. The minimum Gasteiger partial charge on any atom is -0.302 e. The summed E-state index contributed by atoms with van der Waals surface area (Å²) in [6.07, 6.45) is 6.10. The molecule has 3 rings (SSSR count). The summed E-state index contributed by atoms with van der Waals surface area (Å²) in [6.45, 7) is 4.33. The highest BCUT2D eigenvalue weighted by molar-refractivity contribution is 4.97. The maximum atomic E-state index is 2.71. The molecule has 0 spiro atoms. The van der Waals surface area contributed by atoms with Crippen molar-refractivity contribution in [3.8, 4) is 0 Å². The van der Waals surface area contributed by atoms with Crippen molar-refractivity contribution < 1.29 is 0 Å². The van der Waals surface area contributed by atoms with Crippen molar-refractivity contribution in [3.63, 3.8) is 0 Å². The zero-order valence-corrected chi connectivity index (χ0v) is 7.13. The molecular weight excluding hydrogens is 134 g/mol. The molecule has 0 bridgehead atoms. The van der Waals surface area contributed by atoms with Crippen LogP contribution in [0.4, 0.5) is 0 Å². The summed E-state index contributed by atoms with van der Waals surface area (Å²) >= 11 is 0. The Bertz CT molecular complexity index is 152. The second-order valence-corrected chi connectivity index (χ2v) is 4.77. The third-order valence-electron chi connectivity index (χ3n) is 3.80. The van der Waals surface area contributed by atoms with E-state index in [9.17, 15) is 0 Å². The van der Waals surface area contributed by atoms with Crippen molar-refractivity contribution in [2.24, 2.45) is 17.8 Å². The van der Waals surface area contributed by atoms with Crippen LogP contribution in [-0.4, -0.2) is 24.5 Å². The van der Waals surface area contributed by atoms with E-state index in [0.717, 1.165) is 17.8 Å². The zero-order chi connectivity index (χ0) is 7.26. The highest BCUT2D eigenvalue weighted by Gasteiger charge is 2.45. The Morgan fingerprint density at radius 3 is 2.36 bits per heavy atom. The summed E-state index contributed by atoms with van der Waals surface area (Å²) in [7, 11) is 0. The number of fused-ring (bicyclic) bond motifs is 1. The van der Waals surface area contributed by atoms with E-state index in [1.54, 1.807) is 6.42 Å². The first-order chi connectivity index (χ1) is 5.42. The van der Waals surface area contributed by atoms with Gasteiger partial charge in [0.05, 0.1) is 0 Å². The summed E-state index contributed by atoms with van der Waals surface area (Å²) in [5, 5.41) is 0. The van der Waals surface area contributed by atoms with Crippen LogP contribution < -0.4 is 0 Å². The van der Waals surface area contributed by atoms with Crippen LogP contribution in [0, 0.1) is 17.8 Å². The summed E-state index contributed by atoms with van der Waals surface area (Å²) < 4.78 is 0. The van der Waals surface area contributed by atoms with Gasteiger partial charge in [0.2, 0.25) is 0 Å². The van der Waals surface area contributed by atoms with Gasteiger partial charge in [0.25, 0.3) is 0 Å². The smallest absolute Gasteiger partial charge is 0.00131 e. The first-order valence-electron chi connectivity index (χ1n) is 5.14. The predicted octanol–water partition coefficient (Wildman–Crippen LogP) is 1.74. The Morgan fingerprint density at radius 2 is 1.82 bits per heavy atom. The monoisotopic (exact) mass is 151 g/mol. The molecule has 1 aliphatic heterocycles. The molecule has 0 radical (unpaired) electrons. The minimum absolute atomic E-state index is 1.09. The lowest BCUT2D eigenvalue weighted by molar-refractivity contribution is 0.192. The van der Waals surface area contributed by atoms with Crippen molar-refractivity contribution in [3.05, 3.63) is 0 Å². The SMILES string of the molecule is C1CC(CN2CC3CC3C2)C1. The Labute approximate surface area is 68.8 Å². The van der Waals surface area contributed by atoms with Crippen molar-refractivity contribution in [2.75, 3.05) is 19.6 Å². The van der Waals surface area contributed by atoms with Crippen LogP contribution in [0.15, 0.2) is 0 Å². The number of likely N-dealkylation sites (tertiary alicyclic amines) is 1. The van der Waals surface area contributed by atoms with Gasteiger partial charge < -0.3 is 4.90 Å². The Hall–Kier alpha value is -0.0400. The largest absolute Gasteiger partial charge is 0.302 e. The molecule has 2 saturated carbocycles. The molecule has 0 aromatic carbocycles. The molecule has 3 aliphatic rings. The molecule has 0 aromatic heterocycles. The maximum absolute atomic E-state index is 2.71. The molecule has 1 saturated heterocycles. The van der Waals surface area contributed by atoms with Crippen molar-refractivity contribution in [1.29, 1.82) is 0 Å². The fourth-order valence-electron chi connectivity index (χ4n) is 2.68. The summed E-state index contributed by atoms with van der Waals surface area (Å²) in [5.41, 5.74) is 0. The van der Waals surface area contributed by atoms with Crippen molar-refractivity contribution >= 4 is 0 Å². The van der Waals surface area contributed by atoms with Gasteiger partial charge >= 0.3 is 0 Å². The van der Waals surface area contributed by atoms with E-state index in [-0.39, 0.29) is 0 Å². The highest BCUT2D eigenvalue weighted by Crippen LogP contribution is 2.45. The predicted molar refractivity (Wildman–Crippen MR) is 45.4 cm³/mol. The number of piperidine rings is 1. The fraction of sp³-hybridized carbons (Fsp3) is 1.00. The third-order valence-corrected chi connectivity index (χ3v) is 3.80. The number of rotatable bonds is 2. The van der Waals surface area contributed by atoms with E-state index in [4.69, 9.17) is 0 Å². The Balaban J connectivity index is 1.49. The summed E-state index contributed by atoms with van der Waals surface area (Å²) in [5.74, 6) is 3.36. The molecule has 2 atom stereocenters. The topological polar surface area (TPSA) is 3.24 Å². The molecule has 2 unspecified atom stereocenters. The first-order valence-corrected chi connectivity index (χ1v) is 5.14. The lowest BCUT2D eigenvalue weighted by Gasteiger charge is -2.30. The van der Waals surface area contributed by atoms with E-state index >= 15 is 0 Å². The quantitative estimate of drug-likeness (QED) is 0.581. The molecule has 11 heavy (non-hydrogen) atoms. The van der Waals surface area contributed by atoms with Gasteiger partial charge in [-0.3, -0.25) is 0 Å². The molecular formula is C10H17N. The van der Waals surface area contributed by atoms with Crippen LogP contribution in [0.1, 0.15) is 25.7 Å². The van der Waals surface area contributed by atoms with Gasteiger partial charge in [-0.1, -0.05) is 6.42 Å². The van der Waals surface area contributed by atoms with Gasteiger partial charge in [-0.2, -0.15) is 0 Å². The molecule has 3 fully saturated rings. The molecule has 1 heteroatoms. The molecule has 2 aliphatic carbocycles. The summed E-state index contributed by atoms with van der Waals surface area (Å²) in [4.78, 5) is 2.71. The second kappa shape index (κ2) is 2.22. The van der Waals surface area contributed by atoms with Gasteiger partial charge in [0.1, 0.15) is 0 Å². The standard InChI is InChI=1S/C10H17N/c1-2-8(3-1)5-11-6-9-4-10(9)7-11/h8-10H,1-7H2. The van der Waals surface area contributed by atoms with Crippen LogP contribution in [-0.2, 0) is 0 Å². The first kappa shape index (κ1) is 6.47. The van der Waals surface area contributed by atoms with Crippen LogP contribution in [0.2, 0.25) is 0 Å². The molecule has 0 amide bonds. The highest BCUT2D eigenvalue weighted by atomic mass is 15.2. The molecule has 0 N–H and O–H groups in total. The zero-order valence-electron chi connectivity index (χ0n) is 7.13. The molecule has 62 valence electrons.